The molecule has 0 aromatic carbocycles. The van der Waals surface area contributed by atoms with Crippen molar-refractivity contribution in [1.82, 2.24) is 9.55 Å². The quantitative estimate of drug-likeness (QED) is 0.722. The first kappa shape index (κ1) is 15.8. The van der Waals surface area contributed by atoms with Crippen LogP contribution in [0.15, 0.2) is 46.2 Å². The van der Waals surface area contributed by atoms with Crippen LogP contribution in [0.5, 0.6) is 0 Å². The number of nitrogens with zero attached hydrogens (tertiary/aromatic N) is 3. The highest BCUT2D eigenvalue weighted by Gasteiger charge is 2.18. The zero-order chi connectivity index (χ0) is 16.4. The van der Waals surface area contributed by atoms with Crippen LogP contribution in [0.3, 0.4) is 0 Å². The number of thiophene rings is 1. The maximum Gasteiger partial charge on any atom is 0.275 e. The van der Waals surface area contributed by atoms with Crippen LogP contribution in [-0.2, 0) is 0 Å². The third-order valence-corrected chi connectivity index (χ3v) is 5.08. The average Bonchev–Trinajstić information content (AvgIpc) is 3.15. The van der Waals surface area contributed by atoms with Gasteiger partial charge in [0, 0.05) is 23.2 Å². The summed E-state index contributed by atoms with van der Waals surface area (Å²) in [5.41, 5.74) is 2.48. The van der Waals surface area contributed by atoms with Gasteiger partial charge in [-0.15, -0.1) is 11.3 Å². The zero-order valence-electron chi connectivity index (χ0n) is 13.2. The molecular weight excluding hydrogens is 326 g/mol. The van der Waals surface area contributed by atoms with E-state index < -0.39 is 0 Å². The van der Waals surface area contributed by atoms with E-state index in [0.29, 0.717) is 10.4 Å². The summed E-state index contributed by atoms with van der Waals surface area (Å²) in [6, 6.07) is 7.73. The number of pyridine rings is 1. The first-order valence-corrected chi connectivity index (χ1v) is 9.08. The van der Waals surface area contributed by atoms with E-state index in [2.05, 4.69) is 9.98 Å². The van der Waals surface area contributed by atoms with Crippen molar-refractivity contribution in [2.75, 3.05) is 0 Å². The summed E-state index contributed by atoms with van der Waals surface area (Å²) in [6.07, 6.45) is 1.76. The molecular formula is C17H17N3OS2. The fraction of sp³-hybridized carbons (Fsp3) is 0.235. The predicted octanol–water partition coefficient (Wildman–Crippen LogP) is 3.98. The Morgan fingerprint density at radius 1 is 1.30 bits per heavy atom. The first-order valence-electron chi connectivity index (χ1n) is 7.32. The van der Waals surface area contributed by atoms with Gasteiger partial charge in [-0.1, -0.05) is 6.07 Å². The lowest BCUT2D eigenvalue weighted by Crippen LogP contribution is -2.28. The van der Waals surface area contributed by atoms with E-state index in [0.717, 1.165) is 16.3 Å². The molecule has 0 atom stereocenters. The van der Waals surface area contributed by atoms with Gasteiger partial charge < -0.3 is 0 Å². The molecule has 0 N–H and O–H groups in total. The Bertz CT molecular complexity index is 889. The lowest BCUT2D eigenvalue weighted by atomic mass is 10.3. The van der Waals surface area contributed by atoms with Crippen molar-refractivity contribution in [1.29, 1.82) is 0 Å². The van der Waals surface area contributed by atoms with Gasteiger partial charge in [0.15, 0.2) is 0 Å². The van der Waals surface area contributed by atoms with E-state index in [1.165, 1.54) is 11.3 Å². The standard InChI is InChI=1S/C17H17N3OS2/c1-11(2)18-14-6-4-5-8-20(14)17(21)15-12(3)19-16(23-15)13-7-9-22-10-13/h4-11H,1-3H3. The SMILES string of the molecule is Cc1nc(-c2ccsc2)sc1C(=O)n1ccccc1=NC(C)C. The maximum absolute atomic E-state index is 12.9. The van der Waals surface area contributed by atoms with Crippen molar-refractivity contribution in [3.63, 3.8) is 0 Å². The number of carbonyl (C=O) groups is 1. The number of hydrogen-bond acceptors (Lipinski definition) is 5. The molecule has 0 aliphatic carbocycles. The van der Waals surface area contributed by atoms with E-state index >= 15 is 0 Å². The van der Waals surface area contributed by atoms with Gasteiger partial charge in [0.1, 0.15) is 15.4 Å². The average molecular weight is 343 g/mol. The minimum Gasteiger partial charge on any atom is -0.267 e. The second kappa shape index (κ2) is 6.60. The number of thiazole rings is 1. The number of aromatic nitrogens is 2. The van der Waals surface area contributed by atoms with Crippen molar-refractivity contribution < 1.29 is 4.79 Å². The molecule has 3 aromatic rings. The summed E-state index contributed by atoms with van der Waals surface area (Å²) in [7, 11) is 0. The molecule has 0 saturated carbocycles. The van der Waals surface area contributed by atoms with Crippen LogP contribution in [0.4, 0.5) is 0 Å². The lowest BCUT2D eigenvalue weighted by molar-refractivity contribution is 0.0958. The van der Waals surface area contributed by atoms with Crippen molar-refractivity contribution in [2.24, 2.45) is 4.99 Å². The van der Waals surface area contributed by atoms with Gasteiger partial charge in [0.2, 0.25) is 0 Å². The minimum atomic E-state index is -0.0820. The van der Waals surface area contributed by atoms with Crippen LogP contribution in [0, 0.1) is 6.92 Å². The summed E-state index contributed by atoms with van der Waals surface area (Å²) in [5, 5.41) is 4.94. The smallest absolute Gasteiger partial charge is 0.267 e. The summed E-state index contributed by atoms with van der Waals surface area (Å²) < 4.78 is 1.60. The summed E-state index contributed by atoms with van der Waals surface area (Å²) >= 11 is 3.06. The molecule has 4 nitrogen and oxygen atoms in total. The molecule has 3 heterocycles. The highest BCUT2D eigenvalue weighted by molar-refractivity contribution is 7.17. The second-order valence-corrected chi connectivity index (χ2v) is 7.18. The molecule has 0 fully saturated rings. The van der Waals surface area contributed by atoms with E-state index in [-0.39, 0.29) is 11.9 Å². The van der Waals surface area contributed by atoms with E-state index in [1.807, 2.05) is 55.8 Å². The number of aryl methyl sites for hydroxylation is 1. The highest BCUT2D eigenvalue weighted by Crippen LogP contribution is 2.29. The molecule has 0 amide bonds. The number of carbonyl (C=O) groups excluding carboxylic acids is 1. The lowest BCUT2D eigenvalue weighted by Gasteiger charge is -2.06. The molecule has 0 spiro atoms. The van der Waals surface area contributed by atoms with Gasteiger partial charge in [-0.2, -0.15) is 11.3 Å². The van der Waals surface area contributed by atoms with Gasteiger partial charge in [0.25, 0.3) is 5.91 Å². The molecule has 0 saturated heterocycles. The molecule has 0 radical (unpaired) electrons. The fourth-order valence-corrected chi connectivity index (χ4v) is 3.90. The molecule has 0 aliphatic rings. The van der Waals surface area contributed by atoms with Gasteiger partial charge in [-0.05, 0) is 44.4 Å². The largest absolute Gasteiger partial charge is 0.275 e. The van der Waals surface area contributed by atoms with Crippen LogP contribution < -0.4 is 5.49 Å². The molecule has 118 valence electrons. The maximum atomic E-state index is 12.9. The first-order chi connectivity index (χ1) is 11.1. The highest BCUT2D eigenvalue weighted by atomic mass is 32.1. The topological polar surface area (TPSA) is 47.2 Å². The van der Waals surface area contributed by atoms with Crippen molar-refractivity contribution in [3.8, 4) is 10.6 Å². The third-order valence-electron chi connectivity index (χ3n) is 3.21. The second-order valence-electron chi connectivity index (χ2n) is 5.40. The molecule has 6 heteroatoms. The van der Waals surface area contributed by atoms with E-state index in [1.54, 1.807) is 22.1 Å². The van der Waals surface area contributed by atoms with Crippen LogP contribution >= 0.6 is 22.7 Å². The third kappa shape index (κ3) is 3.33. The Labute approximate surface area is 142 Å². The molecule has 0 unspecified atom stereocenters. The molecule has 0 aliphatic heterocycles. The monoisotopic (exact) mass is 343 g/mol. The summed E-state index contributed by atoms with van der Waals surface area (Å²) in [6.45, 7) is 5.87. The molecule has 3 rings (SSSR count). The fourth-order valence-electron chi connectivity index (χ4n) is 2.19. The van der Waals surface area contributed by atoms with Gasteiger partial charge >= 0.3 is 0 Å². The van der Waals surface area contributed by atoms with Crippen LogP contribution in [0.25, 0.3) is 10.6 Å². The minimum absolute atomic E-state index is 0.0820. The van der Waals surface area contributed by atoms with Crippen LogP contribution in [0.2, 0.25) is 0 Å². The van der Waals surface area contributed by atoms with Gasteiger partial charge in [0.05, 0.1) is 5.69 Å². The molecule has 3 aromatic heterocycles. The molecule has 23 heavy (non-hydrogen) atoms. The molecule has 0 bridgehead atoms. The Kier molecular flexibility index (Phi) is 4.54. The number of hydrogen-bond donors (Lipinski definition) is 0. The zero-order valence-corrected chi connectivity index (χ0v) is 14.8. The Morgan fingerprint density at radius 3 is 2.83 bits per heavy atom. The number of rotatable bonds is 3. The van der Waals surface area contributed by atoms with Gasteiger partial charge in [-0.25, -0.2) is 4.98 Å². The normalized spacial score (nSPS) is 12.1. The summed E-state index contributed by atoms with van der Waals surface area (Å²) in [5.74, 6) is -0.0820. The van der Waals surface area contributed by atoms with Gasteiger partial charge in [-0.3, -0.25) is 14.4 Å². The van der Waals surface area contributed by atoms with E-state index in [9.17, 15) is 4.79 Å². The Balaban J connectivity index is 2.06. The van der Waals surface area contributed by atoms with Crippen LogP contribution in [-0.4, -0.2) is 21.5 Å². The van der Waals surface area contributed by atoms with E-state index in [4.69, 9.17) is 0 Å². The summed E-state index contributed by atoms with van der Waals surface area (Å²) in [4.78, 5) is 22.7. The van der Waals surface area contributed by atoms with Crippen molar-refractivity contribution in [2.45, 2.75) is 26.8 Å². The van der Waals surface area contributed by atoms with Crippen molar-refractivity contribution in [3.05, 3.63) is 57.3 Å². The Hall–Kier alpha value is -2.05. The van der Waals surface area contributed by atoms with Crippen LogP contribution in [0.1, 0.15) is 29.2 Å². The predicted molar refractivity (Wildman–Crippen MR) is 95.0 cm³/mol. The Morgan fingerprint density at radius 2 is 2.13 bits per heavy atom. The van der Waals surface area contributed by atoms with Crippen molar-refractivity contribution >= 4 is 28.6 Å².